The third-order valence-electron chi connectivity index (χ3n) is 9.42. The first-order valence-electron chi connectivity index (χ1n) is 17.9. The maximum Gasteiger partial charge on any atom is 0.255 e. The number of piperidine rings is 1. The van der Waals surface area contributed by atoms with Crippen LogP contribution in [0.25, 0.3) is 11.1 Å². The van der Waals surface area contributed by atoms with E-state index in [4.69, 9.17) is 16.3 Å². The van der Waals surface area contributed by atoms with Crippen molar-refractivity contribution < 1.29 is 33.8 Å². The molecule has 1 fully saturated rings. The Labute approximate surface area is 318 Å². The number of alkyl halides is 1. The molecule has 54 heavy (non-hydrogen) atoms. The van der Waals surface area contributed by atoms with Gasteiger partial charge in [-0.25, -0.2) is 0 Å². The Balaban J connectivity index is 0.966. The highest BCUT2D eigenvalue weighted by atomic mass is 35.5. The van der Waals surface area contributed by atoms with Crippen LogP contribution in [0.1, 0.15) is 71.1 Å². The van der Waals surface area contributed by atoms with Crippen molar-refractivity contribution in [1.29, 1.82) is 0 Å². The molecule has 1 saturated heterocycles. The standard InChI is InChI=1S/C42H41ClN4O7/c43-23-22-32(27-6-2-1-3-7-27)40(28-12-16-30(48)17-13-28)29-14-18-31(19-15-29)54-25-24-44-37(49)10-5-11-38(50)45-35-9-4-8-33-34(35)26-47(42(33)53)36-20-21-39(51)46-41(36)52/h1-4,6-9,12-19,36,48H,5,10-11,20-26H2,(H,44,49)(H,45,50)(H,46,51,52). The van der Waals surface area contributed by atoms with Gasteiger partial charge in [-0.15, -0.1) is 11.6 Å². The smallest absolute Gasteiger partial charge is 0.255 e. The van der Waals surface area contributed by atoms with Crippen LogP contribution in [0, 0.1) is 0 Å². The van der Waals surface area contributed by atoms with Crippen LogP contribution in [-0.2, 0) is 25.7 Å². The molecule has 1 atom stereocenters. The van der Waals surface area contributed by atoms with Gasteiger partial charge in [-0.3, -0.25) is 29.3 Å². The Bertz CT molecular complexity index is 2050. The number of allylic oxidation sites excluding steroid dienone is 1. The summed E-state index contributed by atoms with van der Waals surface area (Å²) in [4.78, 5) is 63.7. The summed E-state index contributed by atoms with van der Waals surface area (Å²) in [6, 6.07) is 29.2. The number of aromatic hydroxyl groups is 1. The molecule has 2 aliphatic rings. The number of halogens is 1. The molecule has 1 unspecified atom stereocenters. The average Bonchev–Trinajstić information content (AvgIpc) is 3.51. The van der Waals surface area contributed by atoms with Crippen molar-refractivity contribution in [2.75, 3.05) is 24.3 Å². The van der Waals surface area contributed by atoms with Gasteiger partial charge in [0, 0.05) is 48.5 Å². The number of phenolic OH excluding ortho intramolecular Hbond substituents is 1. The summed E-state index contributed by atoms with van der Waals surface area (Å²) in [5.41, 5.74) is 6.58. The lowest BCUT2D eigenvalue weighted by atomic mass is 9.88. The number of anilines is 1. The molecule has 4 aromatic rings. The van der Waals surface area contributed by atoms with Crippen LogP contribution >= 0.6 is 11.6 Å². The van der Waals surface area contributed by atoms with Gasteiger partial charge in [0.25, 0.3) is 5.91 Å². The van der Waals surface area contributed by atoms with Crippen LogP contribution in [0.3, 0.4) is 0 Å². The van der Waals surface area contributed by atoms with Crippen molar-refractivity contribution >= 4 is 58.0 Å². The molecule has 4 N–H and O–H groups in total. The van der Waals surface area contributed by atoms with Crippen LogP contribution in [0.5, 0.6) is 11.5 Å². The summed E-state index contributed by atoms with van der Waals surface area (Å²) in [6.07, 6.45) is 1.62. The Kier molecular flexibility index (Phi) is 12.4. The fourth-order valence-corrected chi connectivity index (χ4v) is 6.97. The van der Waals surface area contributed by atoms with E-state index in [1.165, 1.54) is 4.90 Å². The van der Waals surface area contributed by atoms with Gasteiger partial charge in [0.15, 0.2) is 0 Å². The lowest BCUT2D eigenvalue weighted by Gasteiger charge is -2.29. The number of hydrogen-bond acceptors (Lipinski definition) is 7. The van der Waals surface area contributed by atoms with E-state index in [1.807, 2.05) is 54.6 Å². The average molecular weight is 749 g/mol. The number of benzene rings is 4. The molecule has 0 aromatic heterocycles. The van der Waals surface area contributed by atoms with Crippen molar-refractivity contribution in [2.24, 2.45) is 0 Å². The van der Waals surface area contributed by atoms with Crippen LogP contribution in [0.15, 0.2) is 97.1 Å². The van der Waals surface area contributed by atoms with Crippen molar-refractivity contribution in [3.8, 4) is 11.5 Å². The van der Waals surface area contributed by atoms with E-state index >= 15 is 0 Å². The van der Waals surface area contributed by atoms with E-state index < -0.39 is 11.9 Å². The molecule has 0 spiro atoms. The third-order valence-corrected chi connectivity index (χ3v) is 9.61. The number of ether oxygens (including phenoxy) is 1. The van der Waals surface area contributed by atoms with Crippen LogP contribution in [-0.4, -0.2) is 64.6 Å². The Morgan fingerprint density at radius 1 is 0.833 bits per heavy atom. The van der Waals surface area contributed by atoms with Gasteiger partial charge in [-0.05, 0) is 83.5 Å². The summed E-state index contributed by atoms with van der Waals surface area (Å²) in [5, 5.41) is 17.9. The Morgan fingerprint density at radius 2 is 1.54 bits per heavy atom. The number of amides is 5. The number of hydrogen-bond donors (Lipinski definition) is 4. The number of phenols is 1. The second kappa shape index (κ2) is 17.7. The van der Waals surface area contributed by atoms with Gasteiger partial charge in [0.2, 0.25) is 23.6 Å². The molecule has 0 radical (unpaired) electrons. The molecular weight excluding hydrogens is 708 g/mol. The largest absolute Gasteiger partial charge is 0.508 e. The quantitative estimate of drug-likeness (QED) is 0.0500. The van der Waals surface area contributed by atoms with Crippen LogP contribution < -0.4 is 20.7 Å². The summed E-state index contributed by atoms with van der Waals surface area (Å²) in [5.74, 6) is -0.401. The fourth-order valence-electron chi connectivity index (χ4n) is 6.78. The molecule has 11 nitrogen and oxygen atoms in total. The third kappa shape index (κ3) is 9.16. The van der Waals surface area contributed by atoms with E-state index in [9.17, 15) is 29.1 Å². The number of fused-ring (bicyclic) bond motifs is 1. The molecule has 6 rings (SSSR count). The van der Waals surface area contributed by atoms with Crippen molar-refractivity contribution in [3.63, 3.8) is 0 Å². The van der Waals surface area contributed by atoms with Crippen molar-refractivity contribution in [2.45, 2.75) is 51.1 Å². The zero-order chi connectivity index (χ0) is 38.0. The Morgan fingerprint density at radius 3 is 2.24 bits per heavy atom. The van der Waals surface area contributed by atoms with Gasteiger partial charge >= 0.3 is 0 Å². The first-order valence-corrected chi connectivity index (χ1v) is 18.5. The number of carbonyl (C=O) groups is 5. The summed E-state index contributed by atoms with van der Waals surface area (Å²) in [6.45, 7) is 0.682. The number of rotatable bonds is 15. The van der Waals surface area contributed by atoms with Crippen LogP contribution in [0.2, 0.25) is 0 Å². The van der Waals surface area contributed by atoms with Gasteiger partial charge in [0.1, 0.15) is 24.1 Å². The molecule has 2 aliphatic heterocycles. The lowest BCUT2D eigenvalue weighted by molar-refractivity contribution is -0.137. The van der Waals surface area contributed by atoms with E-state index in [1.54, 1.807) is 30.3 Å². The predicted molar refractivity (Wildman–Crippen MR) is 206 cm³/mol. The SMILES string of the molecule is O=C(CCCC(=O)Nc1cccc2c1CN(C1CCC(=O)NC1=O)C2=O)NCCOc1ccc(C(=C(CCCl)c2ccccc2)c2ccc(O)cc2)cc1. The summed E-state index contributed by atoms with van der Waals surface area (Å²) < 4.78 is 5.90. The molecule has 0 aliphatic carbocycles. The summed E-state index contributed by atoms with van der Waals surface area (Å²) in [7, 11) is 0. The monoisotopic (exact) mass is 748 g/mol. The lowest BCUT2D eigenvalue weighted by Crippen LogP contribution is -2.52. The minimum absolute atomic E-state index is 0.0994. The predicted octanol–water partition coefficient (Wildman–Crippen LogP) is 6.05. The van der Waals surface area contributed by atoms with E-state index in [0.717, 1.165) is 27.8 Å². The molecule has 0 saturated carbocycles. The highest BCUT2D eigenvalue weighted by Crippen LogP contribution is 2.36. The Hall–Kier alpha value is -5.94. The fraction of sp³-hybridized carbons (Fsp3) is 0.262. The molecule has 5 amide bonds. The van der Waals surface area contributed by atoms with E-state index in [0.29, 0.717) is 41.3 Å². The molecule has 2 heterocycles. The molecule has 278 valence electrons. The second-order valence-electron chi connectivity index (χ2n) is 13.1. The highest BCUT2D eigenvalue weighted by molar-refractivity contribution is 6.18. The van der Waals surface area contributed by atoms with Crippen molar-refractivity contribution in [3.05, 3.63) is 125 Å². The topological polar surface area (TPSA) is 154 Å². The maximum absolute atomic E-state index is 13.1. The first kappa shape index (κ1) is 37.8. The maximum atomic E-state index is 13.1. The minimum atomic E-state index is -0.746. The molecule has 4 aromatic carbocycles. The van der Waals surface area contributed by atoms with Gasteiger partial charge in [-0.1, -0.05) is 60.7 Å². The second-order valence-corrected chi connectivity index (χ2v) is 13.4. The van der Waals surface area contributed by atoms with E-state index in [-0.39, 0.29) is 74.8 Å². The minimum Gasteiger partial charge on any atom is -0.508 e. The highest BCUT2D eigenvalue weighted by Gasteiger charge is 2.40. The number of carbonyl (C=O) groups excluding carboxylic acids is 5. The zero-order valence-electron chi connectivity index (χ0n) is 29.6. The van der Waals surface area contributed by atoms with Gasteiger partial charge < -0.3 is 25.4 Å². The molecular formula is C42H41ClN4O7. The number of nitrogens with zero attached hydrogens (tertiary/aromatic N) is 1. The molecule has 12 heteroatoms. The van der Waals surface area contributed by atoms with Gasteiger partial charge in [-0.2, -0.15) is 0 Å². The molecule has 0 bridgehead atoms. The summed E-state index contributed by atoms with van der Waals surface area (Å²) >= 11 is 6.26. The number of nitrogens with one attached hydrogen (secondary N) is 3. The first-order chi connectivity index (χ1) is 26.2. The van der Waals surface area contributed by atoms with Gasteiger partial charge in [0.05, 0.1) is 6.54 Å². The van der Waals surface area contributed by atoms with Crippen molar-refractivity contribution in [1.82, 2.24) is 15.5 Å². The van der Waals surface area contributed by atoms with E-state index in [2.05, 4.69) is 28.1 Å². The zero-order valence-corrected chi connectivity index (χ0v) is 30.4. The normalized spacial score (nSPS) is 15.6. The number of imide groups is 1. The van der Waals surface area contributed by atoms with Crippen LogP contribution in [0.4, 0.5) is 5.69 Å².